The Bertz CT molecular complexity index is 293. The van der Waals surface area contributed by atoms with Crippen LogP contribution in [0.25, 0.3) is 0 Å². The predicted octanol–water partition coefficient (Wildman–Crippen LogP) is 4.86. The Kier molecular flexibility index (Phi) is 12.8. The fraction of sp³-hybridized carbons (Fsp3) is 1.00. The third kappa shape index (κ3) is 8.38. The second-order valence-corrected chi connectivity index (χ2v) is 7.42. The summed E-state index contributed by atoms with van der Waals surface area (Å²) < 4.78 is 17.2. The quantitative estimate of drug-likeness (QED) is 0.309. The van der Waals surface area contributed by atoms with Crippen molar-refractivity contribution in [1.29, 1.82) is 0 Å². The molecule has 0 radical (unpaired) electrons. The Morgan fingerprint density at radius 3 is 2.08 bits per heavy atom. The summed E-state index contributed by atoms with van der Waals surface area (Å²) in [5.41, 5.74) is 0. The van der Waals surface area contributed by atoms with Gasteiger partial charge in [0.25, 0.3) is 0 Å². The molecule has 1 aliphatic rings. The molecule has 1 heterocycles. The number of hydrogen-bond acceptors (Lipinski definition) is 4. The highest BCUT2D eigenvalue weighted by Crippen LogP contribution is 2.34. The predicted molar refractivity (Wildman–Crippen MR) is 105 cm³/mol. The van der Waals surface area contributed by atoms with Crippen molar-refractivity contribution in [2.45, 2.75) is 83.8 Å². The zero-order valence-corrected chi connectivity index (χ0v) is 17.4. The smallest absolute Gasteiger partial charge is 0.170 e. The second-order valence-electron chi connectivity index (χ2n) is 7.42. The lowest BCUT2D eigenvalue weighted by Gasteiger charge is -2.38. The van der Waals surface area contributed by atoms with Crippen LogP contribution < -0.4 is 0 Å². The van der Waals surface area contributed by atoms with E-state index in [2.05, 4.69) is 18.7 Å². The van der Waals surface area contributed by atoms with Gasteiger partial charge in [-0.1, -0.05) is 52.4 Å². The van der Waals surface area contributed by atoms with Crippen molar-refractivity contribution in [3.8, 4) is 0 Å². The highest BCUT2D eigenvalue weighted by molar-refractivity contribution is 4.79. The average Bonchev–Trinajstić information content (AvgIpc) is 2.66. The minimum absolute atomic E-state index is 0.408. The average molecular weight is 358 g/mol. The van der Waals surface area contributed by atoms with E-state index in [9.17, 15) is 0 Å². The summed E-state index contributed by atoms with van der Waals surface area (Å²) in [6, 6.07) is 0. The Morgan fingerprint density at radius 2 is 1.48 bits per heavy atom. The molecule has 0 aromatic rings. The van der Waals surface area contributed by atoms with Gasteiger partial charge >= 0.3 is 0 Å². The Labute approximate surface area is 156 Å². The van der Waals surface area contributed by atoms with Gasteiger partial charge in [0.2, 0.25) is 0 Å². The third-order valence-electron chi connectivity index (χ3n) is 5.84. The first kappa shape index (κ1) is 22.9. The van der Waals surface area contributed by atoms with E-state index in [4.69, 9.17) is 14.2 Å². The monoisotopic (exact) mass is 357 g/mol. The molecule has 1 unspecified atom stereocenters. The van der Waals surface area contributed by atoms with Gasteiger partial charge in [-0.15, -0.1) is 0 Å². The number of hydrogen-bond donors (Lipinski definition) is 0. The summed E-state index contributed by atoms with van der Waals surface area (Å²) >= 11 is 0. The van der Waals surface area contributed by atoms with Crippen LogP contribution in [-0.2, 0) is 14.2 Å². The van der Waals surface area contributed by atoms with Gasteiger partial charge in [-0.05, 0) is 32.2 Å². The molecule has 150 valence electrons. The van der Waals surface area contributed by atoms with Crippen LogP contribution in [0.2, 0.25) is 0 Å². The van der Waals surface area contributed by atoms with E-state index >= 15 is 0 Å². The molecule has 0 amide bonds. The molecular formula is C21H43NO3. The summed E-state index contributed by atoms with van der Waals surface area (Å²) in [4.78, 5) is 2.53. The lowest BCUT2D eigenvalue weighted by molar-refractivity contribution is -0.244. The summed E-state index contributed by atoms with van der Waals surface area (Å²) in [6.45, 7) is 9.56. The first-order valence-electron chi connectivity index (χ1n) is 10.6. The maximum absolute atomic E-state index is 5.88. The molecule has 1 saturated heterocycles. The lowest BCUT2D eigenvalue weighted by Crippen LogP contribution is -2.42. The van der Waals surface area contributed by atoms with Crippen molar-refractivity contribution in [3.05, 3.63) is 0 Å². The van der Waals surface area contributed by atoms with Gasteiger partial charge in [0.05, 0.1) is 13.2 Å². The van der Waals surface area contributed by atoms with Crippen molar-refractivity contribution in [1.82, 2.24) is 4.90 Å². The van der Waals surface area contributed by atoms with Crippen molar-refractivity contribution in [3.63, 3.8) is 0 Å². The van der Waals surface area contributed by atoms with Gasteiger partial charge in [0.1, 0.15) is 0 Å². The summed E-state index contributed by atoms with van der Waals surface area (Å²) in [5, 5.41) is 0. The first-order valence-corrected chi connectivity index (χ1v) is 10.6. The summed E-state index contributed by atoms with van der Waals surface area (Å²) in [5.74, 6) is 0.0775. The van der Waals surface area contributed by atoms with Gasteiger partial charge in [0.15, 0.2) is 5.79 Å². The molecule has 0 spiro atoms. The molecule has 1 fully saturated rings. The van der Waals surface area contributed by atoms with E-state index in [0.29, 0.717) is 5.92 Å². The summed E-state index contributed by atoms with van der Waals surface area (Å²) in [6.07, 6.45) is 12.6. The van der Waals surface area contributed by atoms with Gasteiger partial charge < -0.3 is 14.2 Å². The molecule has 0 bridgehead atoms. The Hall–Kier alpha value is -0.160. The molecule has 0 saturated carbocycles. The molecule has 1 rings (SSSR count). The lowest BCUT2D eigenvalue weighted by atomic mass is 9.86. The third-order valence-corrected chi connectivity index (χ3v) is 5.84. The number of ether oxygens (including phenoxy) is 3. The Morgan fingerprint density at radius 1 is 0.880 bits per heavy atom. The highest BCUT2D eigenvalue weighted by atomic mass is 16.7. The fourth-order valence-corrected chi connectivity index (χ4v) is 4.14. The van der Waals surface area contributed by atoms with E-state index in [-0.39, 0.29) is 0 Å². The van der Waals surface area contributed by atoms with Crippen molar-refractivity contribution in [2.75, 3.05) is 47.1 Å². The topological polar surface area (TPSA) is 30.9 Å². The maximum atomic E-state index is 5.88. The van der Waals surface area contributed by atoms with Crippen molar-refractivity contribution in [2.24, 2.45) is 5.92 Å². The van der Waals surface area contributed by atoms with Gasteiger partial charge in [-0.2, -0.15) is 0 Å². The van der Waals surface area contributed by atoms with E-state index < -0.39 is 5.79 Å². The maximum Gasteiger partial charge on any atom is 0.170 e. The van der Waals surface area contributed by atoms with Crippen LogP contribution in [-0.4, -0.2) is 57.8 Å². The number of rotatable bonds is 15. The van der Waals surface area contributed by atoms with Gasteiger partial charge in [0, 0.05) is 33.2 Å². The molecule has 1 aliphatic heterocycles. The van der Waals surface area contributed by atoms with Crippen molar-refractivity contribution < 1.29 is 14.2 Å². The molecule has 0 aliphatic carbocycles. The van der Waals surface area contributed by atoms with Crippen LogP contribution in [0.4, 0.5) is 0 Å². The SMILES string of the molecule is CCCCCCCCC(CCCN1CCOCC1)C(CC)(OC)OC. The van der Waals surface area contributed by atoms with E-state index in [0.717, 1.165) is 32.7 Å². The zero-order valence-electron chi connectivity index (χ0n) is 17.4. The number of nitrogens with zero attached hydrogens (tertiary/aromatic N) is 1. The van der Waals surface area contributed by atoms with Crippen LogP contribution in [0, 0.1) is 5.92 Å². The Balaban J connectivity index is 2.43. The molecule has 0 N–H and O–H groups in total. The van der Waals surface area contributed by atoms with Gasteiger partial charge in [-0.3, -0.25) is 4.90 Å². The highest BCUT2D eigenvalue weighted by Gasteiger charge is 2.36. The van der Waals surface area contributed by atoms with Crippen LogP contribution in [0.3, 0.4) is 0 Å². The van der Waals surface area contributed by atoms with Crippen LogP contribution in [0.1, 0.15) is 78.1 Å². The molecule has 1 atom stereocenters. The molecular weight excluding hydrogens is 314 g/mol. The normalized spacial score (nSPS) is 17.8. The van der Waals surface area contributed by atoms with Crippen molar-refractivity contribution >= 4 is 0 Å². The molecule has 4 heteroatoms. The minimum Gasteiger partial charge on any atom is -0.379 e. The van der Waals surface area contributed by atoms with E-state index in [1.54, 1.807) is 0 Å². The number of morpholine rings is 1. The van der Waals surface area contributed by atoms with Crippen LogP contribution in [0.15, 0.2) is 0 Å². The van der Waals surface area contributed by atoms with Gasteiger partial charge in [-0.25, -0.2) is 0 Å². The molecule has 25 heavy (non-hydrogen) atoms. The van der Waals surface area contributed by atoms with E-state index in [1.165, 1.54) is 64.3 Å². The van der Waals surface area contributed by atoms with Crippen LogP contribution >= 0.6 is 0 Å². The fourth-order valence-electron chi connectivity index (χ4n) is 4.14. The standard InChI is InChI=1S/C21H43NO3/c1-5-7-8-9-10-11-13-20(21(6-2,23-3)24-4)14-12-15-22-16-18-25-19-17-22/h20H,5-19H2,1-4H3. The summed E-state index contributed by atoms with van der Waals surface area (Å²) in [7, 11) is 3.62. The second kappa shape index (κ2) is 14.0. The number of methoxy groups -OCH3 is 2. The molecule has 4 nitrogen and oxygen atoms in total. The zero-order chi connectivity index (χ0) is 18.4. The number of unbranched alkanes of at least 4 members (excludes halogenated alkanes) is 5. The molecule has 0 aromatic heterocycles. The van der Waals surface area contributed by atoms with Crippen LogP contribution in [0.5, 0.6) is 0 Å². The molecule has 0 aromatic carbocycles. The van der Waals surface area contributed by atoms with E-state index in [1.807, 2.05) is 14.2 Å². The first-order chi connectivity index (χ1) is 12.2. The largest absolute Gasteiger partial charge is 0.379 e. The minimum atomic E-state index is -0.408.